The van der Waals surface area contributed by atoms with Crippen molar-refractivity contribution in [1.29, 1.82) is 0 Å². The summed E-state index contributed by atoms with van der Waals surface area (Å²) in [7, 11) is -2.30. The van der Waals surface area contributed by atoms with Crippen molar-refractivity contribution < 1.29 is 23.1 Å². The number of aromatic nitrogens is 1. The summed E-state index contributed by atoms with van der Waals surface area (Å²) in [5.41, 5.74) is -0.823. The quantitative estimate of drug-likeness (QED) is 0.653. The van der Waals surface area contributed by atoms with Gasteiger partial charge in [-0.05, 0) is 6.07 Å². The van der Waals surface area contributed by atoms with Crippen molar-refractivity contribution in [2.75, 3.05) is 19.8 Å². The number of carbonyl (C=O) groups excluding carboxylic acids is 1. The minimum absolute atomic E-state index is 0.0884. The van der Waals surface area contributed by atoms with Crippen LogP contribution >= 0.6 is 0 Å². The van der Waals surface area contributed by atoms with E-state index in [1.54, 1.807) is 7.05 Å². The molecule has 4 N–H and O–H groups in total. The molecule has 0 radical (unpaired) electrons. The first kappa shape index (κ1) is 16.0. The summed E-state index contributed by atoms with van der Waals surface area (Å²) in [6, 6.07) is 1.21. The fourth-order valence-corrected chi connectivity index (χ4v) is 2.76. The smallest absolute Gasteiger partial charge is 0.268 e. The maximum Gasteiger partial charge on any atom is 0.268 e. The van der Waals surface area contributed by atoms with Crippen molar-refractivity contribution in [3.8, 4) is 0 Å². The largest absolute Gasteiger partial charge is 0.388 e. The van der Waals surface area contributed by atoms with E-state index in [9.17, 15) is 18.3 Å². The molecule has 9 heteroatoms. The van der Waals surface area contributed by atoms with Crippen molar-refractivity contribution in [2.24, 2.45) is 12.2 Å². The second-order valence-corrected chi connectivity index (χ2v) is 6.80. The lowest BCUT2D eigenvalue weighted by molar-refractivity contribution is -0.0605. The molecule has 1 saturated heterocycles. The third-order valence-electron chi connectivity index (χ3n) is 3.54. The Morgan fingerprint density at radius 2 is 2.14 bits per heavy atom. The zero-order valence-corrected chi connectivity index (χ0v) is 12.5. The molecule has 118 valence electrons. The number of hydrogen-bond acceptors (Lipinski definition) is 5. The zero-order valence-electron chi connectivity index (χ0n) is 11.7. The van der Waals surface area contributed by atoms with Gasteiger partial charge in [0.2, 0.25) is 10.0 Å². The highest BCUT2D eigenvalue weighted by atomic mass is 32.2. The summed E-state index contributed by atoms with van der Waals surface area (Å²) in [4.78, 5) is 12.0. The van der Waals surface area contributed by atoms with E-state index < -0.39 is 21.5 Å². The molecular weight excluding hydrogens is 298 g/mol. The van der Waals surface area contributed by atoms with Gasteiger partial charge in [-0.1, -0.05) is 0 Å². The number of sulfonamides is 1. The molecule has 1 amide bonds. The summed E-state index contributed by atoms with van der Waals surface area (Å²) >= 11 is 0. The Hall–Kier alpha value is -1.42. The number of nitrogens with two attached hydrogens (primary N) is 1. The van der Waals surface area contributed by atoms with E-state index in [4.69, 9.17) is 9.88 Å². The monoisotopic (exact) mass is 317 g/mol. The average molecular weight is 317 g/mol. The molecule has 0 unspecified atom stereocenters. The van der Waals surface area contributed by atoms with E-state index in [-0.39, 0.29) is 17.1 Å². The summed E-state index contributed by atoms with van der Waals surface area (Å²) in [6.45, 7) is 0.989. The Bertz CT molecular complexity index is 631. The van der Waals surface area contributed by atoms with Gasteiger partial charge in [0.25, 0.3) is 5.91 Å². The van der Waals surface area contributed by atoms with Gasteiger partial charge in [0, 0.05) is 45.8 Å². The number of ether oxygens (including phenoxy) is 1. The van der Waals surface area contributed by atoms with E-state index >= 15 is 0 Å². The minimum Gasteiger partial charge on any atom is -0.388 e. The van der Waals surface area contributed by atoms with Gasteiger partial charge in [0.15, 0.2) is 0 Å². The van der Waals surface area contributed by atoms with Gasteiger partial charge < -0.3 is 19.7 Å². The molecule has 1 fully saturated rings. The molecule has 0 atom stereocenters. The third kappa shape index (κ3) is 3.82. The van der Waals surface area contributed by atoms with Crippen LogP contribution in [0.1, 0.15) is 23.3 Å². The second kappa shape index (κ2) is 5.76. The normalized spacial score (nSPS) is 18.4. The molecule has 1 aromatic rings. The molecule has 0 aromatic carbocycles. The SMILES string of the molecule is Cn1cc(S(N)(=O)=O)cc1C(=O)NCC1(O)CCOCC1. The molecule has 21 heavy (non-hydrogen) atoms. The van der Waals surface area contributed by atoms with Crippen LogP contribution in [0, 0.1) is 0 Å². The summed E-state index contributed by atoms with van der Waals surface area (Å²) in [5.74, 6) is -0.465. The maximum atomic E-state index is 12.1. The van der Waals surface area contributed by atoms with Crippen LogP contribution in [0.15, 0.2) is 17.2 Å². The number of nitrogens with zero attached hydrogens (tertiary/aromatic N) is 1. The highest BCUT2D eigenvalue weighted by molar-refractivity contribution is 7.89. The lowest BCUT2D eigenvalue weighted by Crippen LogP contribution is -2.46. The van der Waals surface area contributed by atoms with Crippen LogP contribution in [0.5, 0.6) is 0 Å². The van der Waals surface area contributed by atoms with E-state index in [0.717, 1.165) is 0 Å². The van der Waals surface area contributed by atoms with Gasteiger partial charge in [-0.3, -0.25) is 4.79 Å². The Balaban J connectivity index is 2.05. The first-order valence-electron chi connectivity index (χ1n) is 6.49. The van der Waals surface area contributed by atoms with Crippen LogP contribution in [0.3, 0.4) is 0 Å². The zero-order chi connectivity index (χ0) is 15.7. The molecular formula is C12H19N3O5S. The van der Waals surface area contributed by atoms with Crippen molar-refractivity contribution in [3.05, 3.63) is 18.0 Å². The number of carbonyl (C=O) groups is 1. The lowest BCUT2D eigenvalue weighted by Gasteiger charge is -2.32. The van der Waals surface area contributed by atoms with Gasteiger partial charge in [-0.15, -0.1) is 0 Å². The Morgan fingerprint density at radius 1 is 1.52 bits per heavy atom. The third-order valence-corrected chi connectivity index (χ3v) is 4.42. The molecule has 1 aliphatic heterocycles. The molecule has 0 spiro atoms. The van der Waals surface area contributed by atoms with E-state index in [2.05, 4.69) is 5.32 Å². The van der Waals surface area contributed by atoms with Crippen LogP contribution in [-0.2, 0) is 21.8 Å². The highest BCUT2D eigenvalue weighted by Gasteiger charge is 2.30. The number of rotatable bonds is 4. The van der Waals surface area contributed by atoms with Crippen molar-refractivity contribution in [2.45, 2.75) is 23.3 Å². The maximum absolute atomic E-state index is 12.1. The average Bonchev–Trinajstić information content (AvgIpc) is 2.79. The van der Waals surface area contributed by atoms with Crippen LogP contribution in [0.2, 0.25) is 0 Å². The van der Waals surface area contributed by atoms with Gasteiger partial charge >= 0.3 is 0 Å². The van der Waals surface area contributed by atoms with Gasteiger partial charge in [0.1, 0.15) is 10.6 Å². The highest BCUT2D eigenvalue weighted by Crippen LogP contribution is 2.19. The number of aliphatic hydroxyl groups is 1. The van der Waals surface area contributed by atoms with Gasteiger partial charge in [-0.2, -0.15) is 0 Å². The number of primary sulfonamides is 1. The molecule has 1 aromatic heterocycles. The fraction of sp³-hybridized carbons (Fsp3) is 0.583. The topological polar surface area (TPSA) is 124 Å². The Kier molecular flexibility index (Phi) is 4.38. The standard InChI is InChI=1S/C12H19N3O5S/c1-15-7-9(21(13,18)19)6-10(15)11(16)14-8-12(17)2-4-20-5-3-12/h6-7,17H,2-5,8H2,1H3,(H,14,16)(H2,13,18,19). The number of nitrogens with one attached hydrogen (secondary N) is 1. The summed E-state index contributed by atoms with van der Waals surface area (Å²) < 4.78 is 29.0. The number of hydrogen-bond donors (Lipinski definition) is 3. The van der Waals surface area contributed by atoms with Crippen LogP contribution < -0.4 is 10.5 Å². The number of aryl methyl sites for hydroxylation is 1. The molecule has 1 aliphatic rings. The van der Waals surface area contributed by atoms with E-state index in [0.29, 0.717) is 26.1 Å². The predicted octanol–water partition coefficient (Wildman–Crippen LogP) is -1.06. The van der Waals surface area contributed by atoms with Crippen LogP contribution in [0.4, 0.5) is 0 Å². The Labute approximate surface area is 122 Å². The van der Waals surface area contributed by atoms with Crippen LogP contribution in [-0.4, -0.2) is 49.4 Å². The first-order chi connectivity index (χ1) is 9.71. The van der Waals surface area contributed by atoms with E-state index in [1.165, 1.54) is 16.8 Å². The predicted molar refractivity (Wildman–Crippen MR) is 74.1 cm³/mol. The summed E-state index contributed by atoms with van der Waals surface area (Å²) in [5, 5.41) is 17.9. The molecule has 0 aliphatic carbocycles. The number of amides is 1. The fourth-order valence-electron chi connectivity index (χ4n) is 2.18. The second-order valence-electron chi connectivity index (χ2n) is 5.24. The van der Waals surface area contributed by atoms with Crippen molar-refractivity contribution in [1.82, 2.24) is 9.88 Å². The molecule has 2 heterocycles. The molecule has 8 nitrogen and oxygen atoms in total. The molecule has 0 bridgehead atoms. The summed E-state index contributed by atoms with van der Waals surface area (Å²) in [6.07, 6.45) is 2.17. The minimum atomic E-state index is -3.85. The van der Waals surface area contributed by atoms with E-state index in [1.807, 2.05) is 0 Å². The Morgan fingerprint density at radius 3 is 2.67 bits per heavy atom. The molecule has 0 saturated carbocycles. The van der Waals surface area contributed by atoms with Crippen molar-refractivity contribution >= 4 is 15.9 Å². The van der Waals surface area contributed by atoms with Crippen LogP contribution in [0.25, 0.3) is 0 Å². The molecule has 2 rings (SSSR count). The van der Waals surface area contributed by atoms with Gasteiger partial charge in [0.05, 0.1) is 5.60 Å². The van der Waals surface area contributed by atoms with Gasteiger partial charge in [-0.25, -0.2) is 13.6 Å². The first-order valence-corrected chi connectivity index (χ1v) is 8.03. The lowest BCUT2D eigenvalue weighted by atomic mass is 9.94. The van der Waals surface area contributed by atoms with Crippen molar-refractivity contribution in [3.63, 3.8) is 0 Å².